The predicted octanol–water partition coefficient (Wildman–Crippen LogP) is 6.45. The molecule has 4 atom stereocenters. The predicted molar refractivity (Wildman–Crippen MR) is 85.3 cm³/mol. The molecule has 2 aliphatic carbocycles. The van der Waals surface area contributed by atoms with Gasteiger partial charge in [0.2, 0.25) is 0 Å². The minimum atomic E-state index is 0.986. The lowest BCUT2D eigenvalue weighted by atomic mass is 9.71. The molecule has 0 bridgehead atoms. The molecule has 112 valence electrons. The summed E-state index contributed by atoms with van der Waals surface area (Å²) in [6.07, 6.45) is 16.6. The average Bonchev–Trinajstić information content (AvgIpc) is 2.98. The SMILES string of the molecule is CCC1CCCC(C(C)CC(CC)C2CCCC2)C1. The summed E-state index contributed by atoms with van der Waals surface area (Å²) in [5.74, 6) is 5.21. The molecule has 2 fully saturated rings. The molecule has 0 radical (unpaired) electrons. The van der Waals surface area contributed by atoms with Gasteiger partial charge in [-0.05, 0) is 42.4 Å². The van der Waals surface area contributed by atoms with Crippen LogP contribution in [0.5, 0.6) is 0 Å². The Morgan fingerprint density at radius 3 is 2.21 bits per heavy atom. The number of hydrogen-bond acceptors (Lipinski definition) is 0. The third-order valence-corrected chi connectivity index (χ3v) is 6.47. The molecule has 2 saturated carbocycles. The minimum absolute atomic E-state index is 0.986. The third-order valence-electron chi connectivity index (χ3n) is 6.47. The van der Waals surface area contributed by atoms with E-state index in [1.54, 1.807) is 6.42 Å². The molecule has 0 saturated heterocycles. The second-order valence-corrected chi connectivity index (χ2v) is 7.63. The number of rotatable bonds is 6. The molecule has 0 heteroatoms. The van der Waals surface area contributed by atoms with E-state index in [1.165, 1.54) is 64.2 Å². The Kier molecular flexibility index (Phi) is 6.23. The zero-order chi connectivity index (χ0) is 13.7. The van der Waals surface area contributed by atoms with Crippen molar-refractivity contribution in [3.05, 3.63) is 0 Å². The van der Waals surface area contributed by atoms with Crippen molar-refractivity contribution in [1.29, 1.82) is 0 Å². The summed E-state index contributed by atoms with van der Waals surface area (Å²) in [6.45, 7) is 7.40. The van der Waals surface area contributed by atoms with E-state index in [2.05, 4.69) is 20.8 Å². The van der Waals surface area contributed by atoms with Crippen molar-refractivity contribution in [2.24, 2.45) is 29.6 Å². The van der Waals surface area contributed by atoms with E-state index in [-0.39, 0.29) is 0 Å². The highest BCUT2D eigenvalue weighted by Gasteiger charge is 2.30. The van der Waals surface area contributed by atoms with Crippen LogP contribution in [0.2, 0.25) is 0 Å². The summed E-state index contributed by atoms with van der Waals surface area (Å²) in [6, 6.07) is 0. The Balaban J connectivity index is 1.82. The van der Waals surface area contributed by atoms with Gasteiger partial charge in [0, 0.05) is 0 Å². The fourth-order valence-electron chi connectivity index (χ4n) is 5.01. The molecular formula is C19H36. The Morgan fingerprint density at radius 2 is 1.58 bits per heavy atom. The van der Waals surface area contributed by atoms with Crippen LogP contribution >= 0.6 is 0 Å². The molecule has 2 rings (SSSR count). The largest absolute Gasteiger partial charge is 0.0651 e. The monoisotopic (exact) mass is 264 g/mol. The van der Waals surface area contributed by atoms with Gasteiger partial charge in [0.1, 0.15) is 0 Å². The van der Waals surface area contributed by atoms with E-state index in [9.17, 15) is 0 Å². The Labute approximate surface area is 121 Å². The lowest BCUT2D eigenvalue weighted by Crippen LogP contribution is -2.24. The second kappa shape index (κ2) is 7.70. The minimum Gasteiger partial charge on any atom is -0.0651 e. The van der Waals surface area contributed by atoms with E-state index >= 15 is 0 Å². The van der Waals surface area contributed by atoms with Gasteiger partial charge in [-0.15, -0.1) is 0 Å². The Hall–Kier alpha value is 0. The highest BCUT2D eigenvalue weighted by atomic mass is 14.4. The van der Waals surface area contributed by atoms with Crippen molar-refractivity contribution in [3.63, 3.8) is 0 Å². The standard InChI is InChI=1S/C19H36/c1-4-16-9-8-12-19(14-16)15(3)13-17(5-2)18-10-6-7-11-18/h15-19H,4-14H2,1-3H3. The molecule has 0 spiro atoms. The van der Waals surface area contributed by atoms with Crippen molar-refractivity contribution in [2.75, 3.05) is 0 Å². The molecule has 0 heterocycles. The van der Waals surface area contributed by atoms with Gasteiger partial charge in [0.05, 0.1) is 0 Å². The molecule has 0 aromatic heterocycles. The fraction of sp³-hybridized carbons (Fsp3) is 1.00. The zero-order valence-electron chi connectivity index (χ0n) is 13.7. The first-order valence-corrected chi connectivity index (χ1v) is 9.24. The molecular weight excluding hydrogens is 228 g/mol. The van der Waals surface area contributed by atoms with Crippen molar-refractivity contribution in [3.8, 4) is 0 Å². The molecule has 0 aromatic carbocycles. The number of hydrogen-bond donors (Lipinski definition) is 0. The smallest absolute Gasteiger partial charge is 0.0386 e. The Morgan fingerprint density at radius 1 is 0.895 bits per heavy atom. The van der Waals surface area contributed by atoms with Gasteiger partial charge < -0.3 is 0 Å². The van der Waals surface area contributed by atoms with Crippen molar-refractivity contribution in [1.82, 2.24) is 0 Å². The summed E-state index contributed by atoms with van der Waals surface area (Å²) < 4.78 is 0. The molecule has 0 amide bonds. The second-order valence-electron chi connectivity index (χ2n) is 7.63. The molecule has 0 aliphatic heterocycles. The summed E-state index contributed by atoms with van der Waals surface area (Å²) >= 11 is 0. The Bertz CT molecular complexity index is 238. The summed E-state index contributed by atoms with van der Waals surface area (Å²) in [7, 11) is 0. The van der Waals surface area contributed by atoms with Gasteiger partial charge in [-0.25, -0.2) is 0 Å². The van der Waals surface area contributed by atoms with Gasteiger partial charge >= 0.3 is 0 Å². The van der Waals surface area contributed by atoms with Crippen LogP contribution in [0.3, 0.4) is 0 Å². The quantitative estimate of drug-likeness (QED) is 0.517. The van der Waals surface area contributed by atoms with Gasteiger partial charge in [-0.1, -0.05) is 78.6 Å². The van der Waals surface area contributed by atoms with Crippen molar-refractivity contribution in [2.45, 2.75) is 91.4 Å². The maximum absolute atomic E-state index is 2.57. The first kappa shape index (κ1) is 15.4. The lowest BCUT2D eigenvalue weighted by Gasteiger charge is -2.35. The van der Waals surface area contributed by atoms with E-state index in [4.69, 9.17) is 0 Å². The summed E-state index contributed by atoms with van der Waals surface area (Å²) in [4.78, 5) is 0. The summed E-state index contributed by atoms with van der Waals surface area (Å²) in [5.41, 5.74) is 0. The van der Waals surface area contributed by atoms with Crippen molar-refractivity contribution >= 4 is 0 Å². The highest BCUT2D eigenvalue weighted by Crippen LogP contribution is 2.41. The van der Waals surface area contributed by atoms with Crippen LogP contribution in [0.25, 0.3) is 0 Å². The third kappa shape index (κ3) is 4.23. The topological polar surface area (TPSA) is 0 Å². The highest BCUT2D eigenvalue weighted by molar-refractivity contribution is 4.81. The molecule has 0 N–H and O–H groups in total. The molecule has 4 unspecified atom stereocenters. The molecule has 0 nitrogen and oxygen atoms in total. The maximum atomic E-state index is 2.57. The van der Waals surface area contributed by atoms with Crippen LogP contribution in [0.15, 0.2) is 0 Å². The summed E-state index contributed by atoms with van der Waals surface area (Å²) in [5, 5.41) is 0. The van der Waals surface area contributed by atoms with E-state index < -0.39 is 0 Å². The van der Waals surface area contributed by atoms with E-state index in [1.807, 2.05) is 0 Å². The van der Waals surface area contributed by atoms with E-state index in [0.717, 1.165) is 29.6 Å². The maximum Gasteiger partial charge on any atom is -0.0386 e. The van der Waals surface area contributed by atoms with Gasteiger partial charge in [-0.2, -0.15) is 0 Å². The molecule has 19 heavy (non-hydrogen) atoms. The van der Waals surface area contributed by atoms with E-state index in [0.29, 0.717) is 0 Å². The van der Waals surface area contributed by atoms with Crippen LogP contribution in [-0.2, 0) is 0 Å². The van der Waals surface area contributed by atoms with Crippen molar-refractivity contribution < 1.29 is 0 Å². The zero-order valence-corrected chi connectivity index (χ0v) is 13.7. The first-order valence-electron chi connectivity index (χ1n) is 9.24. The van der Waals surface area contributed by atoms with Crippen LogP contribution in [0, 0.1) is 29.6 Å². The van der Waals surface area contributed by atoms with Gasteiger partial charge in [-0.3, -0.25) is 0 Å². The van der Waals surface area contributed by atoms with Crippen LogP contribution in [-0.4, -0.2) is 0 Å². The van der Waals surface area contributed by atoms with Gasteiger partial charge in [0.25, 0.3) is 0 Å². The molecule has 0 aromatic rings. The normalized spacial score (nSPS) is 32.4. The molecule has 2 aliphatic rings. The average molecular weight is 264 g/mol. The lowest BCUT2D eigenvalue weighted by molar-refractivity contribution is 0.160. The van der Waals surface area contributed by atoms with Crippen LogP contribution in [0.1, 0.15) is 91.4 Å². The first-order chi connectivity index (χ1) is 9.24. The van der Waals surface area contributed by atoms with Crippen LogP contribution < -0.4 is 0 Å². The van der Waals surface area contributed by atoms with Crippen LogP contribution in [0.4, 0.5) is 0 Å². The fourth-order valence-corrected chi connectivity index (χ4v) is 5.01. The van der Waals surface area contributed by atoms with Gasteiger partial charge in [0.15, 0.2) is 0 Å².